The Bertz CT molecular complexity index is 860. The molecule has 0 spiro atoms. The van der Waals surface area contributed by atoms with E-state index in [0.717, 1.165) is 11.4 Å². The maximum atomic E-state index is 2.31. The van der Waals surface area contributed by atoms with E-state index in [1.54, 1.807) is 11.3 Å². The number of anilines is 3. The Kier molecular flexibility index (Phi) is 4.13. The first kappa shape index (κ1) is 14.7. The molecule has 0 N–H and O–H groups in total. The molecule has 0 saturated carbocycles. The van der Waals surface area contributed by atoms with Crippen molar-refractivity contribution in [3.05, 3.63) is 102 Å². The molecule has 0 aliphatic heterocycles. The topological polar surface area (TPSA) is 3.24 Å². The molecule has 0 saturated heterocycles. The van der Waals surface area contributed by atoms with Crippen molar-refractivity contribution in [2.24, 2.45) is 0 Å². The van der Waals surface area contributed by atoms with E-state index >= 15 is 0 Å². The molecule has 0 fully saturated rings. The Morgan fingerprint density at radius 2 is 1.12 bits per heavy atom. The lowest BCUT2D eigenvalue weighted by Gasteiger charge is -2.27. The van der Waals surface area contributed by atoms with Crippen LogP contribution in [0.3, 0.4) is 0 Å². The summed E-state index contributed by atoms with van der Waals surface area (Å²) < 4.78 is 0. The SMILES string of the molecule is c1ccc(N(c2ccccc2)c2ccccc2-c2cccs2)cc1. The summed E-state index contributed by atoms with van der Waals surface area (Å²) in [5, 5.41) is 2.13. The summed E-state index contributed by atoms with van der Waals surface area (Å²) in [7, 11) is 0. The van der Waals surface area contributed by atoms with Crippen molar-refractivity contribution in [3.63, 3.8) is 0 Å². The van der Waals surface area contributed by atoms with Gasteiger partial charge in [0.05, 0.1) is 5.69 Å². The van der Waals surface area contributed by atoms with Crippen molar-refractivity contribution in [1.82, 2.24) is 0 Å². The van der Waals surface area contributed by atoms with E-state index in [4.69, 9.17) is 0 Å². The number of rotatable bonds is 4. The lowest BCUT2D eigenvalue weighted by atomic mass is 10.1. The second-order valence-electron chi connectivity index (χ2n) is 5.50. The highest BCUT2D eigenvalue weighted by Crippen LogP contribution is 2.41. The van der Waals surface area contributed by atoms with Gasteiger partial charge in [0.2, 0.25) is 0 Å². The molecule has 24 heavy (non-hydrogen) atoms. The van der Waals surface area contributed by atoms with Crippen LogP contribution in [0.15, 0.2) is 102 Å². The number of benzene rings is 3. The molecule has 0 bridgehead atoms. The van der Waals surface area contributed by atoms with Gasteiger partial charge < -0.3 is 4.90 Å². The van der Waals surface area contributed by atoms with Crippen molar-refractivity contribution in [3.8, 4) is 10.4 Å². The van der Waals surface area contributed by atoms with Crippen LogP contribution in [-0.4, -0.2) is 0 Å². The molecule has 0 aliphatic carbocycles. The normalized spacial score (nSPS) is 10.5. The van der Waals surface area contributed by atoms with Gasteiger partial charge in [-0.2, -0.15) is 0 Å². The van der Waals surface area contributed by atoms with Crippen LogP contribution >= 0.6 is 11.3 Å². The molecule has 1 aromatic heterocycles. The fourth-order valence-corrected chi connectivity index (χ4v) is 3.65. The van der Waals surface area contributed by atoms with Crippen LogP contribution in [0.2, 0.25) is 0 Å². The summed E-state index contributed by atoms with van der Waals surface area (Å²) in [6.07, 6.45) is 0. The van der Waals surface area contributed by atoms with E-state index in [9.17, 15) is 0 Å². The van der Waals surface area contributed by atoms with E-state index in [2.05, 4.69) is 107 Å². The smallest absolute Gasteiger partial charge is 0.0548 e. The Hall–Kier alpha value is -2.84. The molecule has 0 atom stereocenters. The van der Waals surface area contributed by atoms with Crippen molar-refractivity contribution in [1.29, 1.82) is 0 Å². The highest BCUT2D eigenvalue weighted by atomic mass is 32.1. The minimum Gasteiger partial charge on any atom is -0.310 e. The highest BCUT2D eigenvalue weighted by molar-refractivity contribution is 7.13. The number of para-hydroxylation sites is 3. The van der Waals surface area contributed by atoms with Crippen molar-refractivity contribution < 1.29 is 0 Å². The van der Waals surface area contributed by atoms with Gasteiger partial charge in [-0.05, 0) is 41.8 Å². The Morgan fingerprint density at radius 3 is 1.71 bits per heavy atom. The number of thiophene rings is 1. The van der Waals surface area contributed by atoms with E-state index < -0.39 is 0 Å². The zero-order valence-electron chi connectivity index (χ0n) is 13.2. The first-order chi connectivity index (χ1) is 11.9. The predicted molar refractivity (Wildman–Crippen MR) is 104 cm³/mol. The van der Waals surface area contributed by atoms with Crippen LogP contribution in [-0.2, 0) is 0 Å². The molecule has 116 valence electrons. The van der Waals surface area contributed by atoms with Crippen molar-refractivity contribution in [2.75, 3.05) is 4.90 Å². The fraction of sp³-hybridized carbons (Fsp3) is 0. The highest BCUT2D eigenvalue weighted by Gasteiger charge is 2.16. The van der Waals surface area contributed by atoms with E-state index in [0.29, 0.717) is 0 Å². The molecule has 0 radical (unpaired) electrons. The third kappa shape index (κ3) is 2.84. The van der Waals surface area contributed by atoms with Crippen LogP contribution in [0.4, 0.5) is 17.1 Å². The number of hydrogen-bond donors (Lipinski definition) is 0. The van der Waals surface area contributed by atoms with Crippen LogP contribution in [0, 0.1) is 0 Å². The van der Waals surface area contributed by atoms with Crippen LogP contribution in [0.1, 0.15) is 0 Å². The van der Waals surface area contributed by atoms with E-state index in [1.165, 1.54) is 16.1 Å². The largest absolute Gasteiger partial charge is 0.310 e. The van der Waals surface area contributed by atoms with Gasteiger partial charge in [0.25, 0.3) is 0 Å². The molecule has 0 amide bonds. The van der Waals surface area contributed by atoms with Crippen LogP contribution in [0.25, 0.3) is 10.4 Å². The standard InChI is InChI=1S/C22H17NS/c1-3-10-18(11-4-1)23(19-12-5-2-6-13-19)21-15-8-7-14-20(21)22-16-9-17-24-22/h1-17H. The minimum absolute atomic E-state index is 1.16. The quantitative estimate of drug-likeness (QED) is 0.394. The summed E-state index contributed by atoms with van der Waals surface area (Å²) in [6.45, 7) is 0. The average molecular weight is 327 g/mol. The van der Waals surface area contributed by atoms with Gasteiger partial charge >= 0.3 is 0 Å². The molecule has 1 nitrogen and oxygen atoms in total. The van der Waals surface area contributed by atoms with Gasteiger partial charge in [-0.15, -0.1) is 11.3 Å². The predicted octanol–water partition coefficient (Wildman–Crippen LogP) is 6.88. The Morgan fingerprint density at radius 1 is 0.542 bits per heavy atom. The second kappa shape index (κ2) is 6.73. The van der Waals surface area contributed by atoms with Crippen LogP contribution in [0.5, 0.6) is 0 Å². The fourth-order valence-electron chi connectivity index (χ4n) is 2.89. The number of nitrogens with zero attached hydrogens (tertiary/aromatic N) is 1. The lowest BCUT2D eigenvalue weighted by Crippen LogP contribution is -2.10. The van der Waals surface area contributed by atoms with Crippen molar-refractivity contribution >= 4 is 28.4 Å². The van der Waals surface area contributed by atoms with Gasteiger partial charge in [0.1, 0.15) is 0 Å². The minimum atomic E-state index is 1.16. The van der Waals surface area contributed by atoms with Gasteiger partial charge in [0, 0.05) is 21.8 Å². The van der Waals surface area contributed by atoms with Gasteiger partial charge in [-0.3, -0.25) is 0 Å². The van der Waals surface area contributed by atoms with Gasteiger partial charge in [0.15, 0.2) is 0 Å². The summed E-state index contributed by atoms with van der Waals surface area (Å²) in [6, 6.07) is 33.9. The van der Waals surface area contributed by atoms with Crippen molar-refractivity contribution in [2.45, 2.75) is 0 Å². The molecular weight excluding hydrogens is 310 g/mol. The first-order valence-electron chi connectivity index (χ1n) is 7.96. The number of hydrogen-bond acceptors (Lipinski definition) is 2. The Labute approximate surface area is 146 Å². The summed E-state index contributed by atoms with van der Waals surface area (Å²) in [4.78, 5) is 3.59. The first-order valence-corrected chi connectivity index (χ1v) is 8.84. The third-order valence-electron chi connectivity index (χ3n) is 3.96. The maximum absolute atomic E-state index is 2.31. The molecule has 0 unspecified atom stereocenters. The summed E-state index contributed by atoms with van der Waals surface area (Å²) >= 11 is 1.77. The Balaban J connectivity index is 1.93. The molecule has 4 rings (SSSR count). The molecule has 0 aliphatic rings. The monoisotopic (exact) mass is 327 g/mol. The second-order valence-corrected chi connectivity index (χ2v) is 6.45. The average Bonchev–Trinajstić information content (AvgIpc) is 3.19. The van der Waals surface area contributed by atoms with E-state index in [1.807, 2.05) is 0 Å². The molecule has 3 aromatic carbocycles. The zero-order valence-corrected chi connectivity index (χ0v) is 14.0. The molecule has 2 heteroatoms. The summed E-state index contributed by atoms with van der Waals surface area (Å²) in [5.41, 5.74) is 4.76. The maximum Gasteiger partial charge on any atom is 0.0548 e. The van der Waals surface area contributed by atoms with Gasteiger partial charge in [-0.25, -0.2) is 0 Å². The lowest BCUT2D eigenvalue weighted by molar-refractivity contribution is 1.29. The van der Waals surface area contributed by atoms with Crippen LogP contribution < -0.4 is 4.90 Å². The molecule has 4 aromatic rings. The summed E-state index contributed by atoms with van der Waals surface area (Å²) in [5.74, 6) is 0. The van der Waals surface area contributed by atoms with Gasteiger partial charge in [-0.1, -0.05) is 60.7 Å². The van der Waals surface area contributed by atoms with E-state index in [-0.39, 0.29) is 0 Å². The third-order valence-corrected chi connectivity index (χ3v) is 4.86. The zero-order chi connectivity index (χ0) is 16.2. The molecular formula is C22H17NS. The molecule has 1 heterocycles.